The Bertz CT molecular complexity index is 1140. The summed E-state index contributed by atoms with van der Waals surface area (Å²) in [5.74, 6) is 0.0848. The number of hydrogen-bond acceptors (Lipinski definition) is 7. The number of fused-ring (bicyclic) bond motifs is 2. The first-order chi connectivity index (χ1) is 14.6. The van der Waals surface area contributed by atoms with Gasteiger partial charge in [0.25, 0.3) is 11.5 Å². The molecule has 4 rings (SSSR count). The van der Waals surface area contributed by atoms with Crippen LogP contribution >= 0.6 is 0 Å². The van der Waals surface area contributed by atoms with E-state index in [0.717, 1.165) is 4.57 Å². The Morgan fingerprint density at radius 1 is 1.13 bits per heavy atom. The van der Waals surface area contributed by atoms with E-state index in [1.165, 1.54) is 6.33 Å². The van der Waals surface area contributed by atoms with Gasteiger partial charge in [0.05, 0.1) is 23.8 Å². The molecule has 2 aromatic carbocycles. The second kappa shape index (κ2) is 8.64. The number of aromatic nitrogens is 2. The van der Waals surface area contributed by atoms with Gasteiger partial charge in [-0.3, -0.25) is 19.0 Å². The maximum Gasteiger partial charge on any atom is 0.326 e. The molecule has 1 aliphatic heterocycles. The van der Waals surface area contributed by atoms with Gasteiger partial charge in [-0.05, 0) is 24.3 Å². The number of nitrogens with one attached hydrogen (secondary N) is 1. The minimum absolute atomic E-state index is 0.207. The Labute approximate surface area is 171 Å². The average molecular weight is 409 g/mol. The van der Waals surface area contributed by atoms with E-state index < -0.39 is 18.5 Å². The van der Waals surface area contributed by atoms with Crippen molar-refractivity contribution in [3.05, 3.63) is 65.2 Å². The molecule has 0 saturated heterocycles. The van der Waals surface area contributed by atoms with Gasteiger partial charge in [-0.1, -0.05) is 24.3 Å². The first kappa shape index (κ1) is 19.4. The second-order valence-corrected chi connectivity index (χ2v) is 6.66. The summed E-state index contributed by atoms with van der Waals surface area (Å²) in [5.41, 5.74) is 0.194. The molecule has 0 radical (unpaired) electrons. The van der Waals surface area contributed by atoms with Crippen molar-refractivity contribution in [1.82, 2.24) is 14.9 Å². The Morgan fingerprint density at radius 3 is 2.77 bits per heavy atom. The van der Waals surface area contributed by atoms with Crippen molar-refractivity contribution in [2.75, 3.05) is 19.8 Å². The first-order valence-corrected chi connectivity index (χ1v) is 9.35. The summed E-state index contributed by atoms with van der Waals surface area (Å²) in [6.07, 6.45) is 0.936. The summed E-state index contributed by atoms with van der Waals surface area (Å²) in [7, 11) is 0. The van der Waals surface area contributed by atoms with Crippen molar-refractivity contribution in [3.63, 3.8) is 0 Å². The topological polar surface area (TPSA) is 109 Å². The average Bonchev–Trinajstić information content (AvgIpc) is 2.78. The number of hydrogen-bond donors (Lipinski definition) is 1. The van der Waals surface area contributed by atoms with Gasteiger partial charge < -0.3 is 19.5 Å². The highest BCUT2D eigenvalue weighted by atomic mass is 16.6. The molecule has 1 aromatic heterocycles. The highest BCUT2D eigenvalue weighted by Crippen LogP contribution is 2.30. The van der Waals surface area contributed by atoms with Gasteiger partial charge in [0.1, 0.15) is 19.3 Å². The molecule has 1 amide bonds. The predicted molar refractivity (Wildman–Crippen MR) is 106 cm³/mol. The van der Waals surface area contributed by atoms with Crippen LogP contribution in [-0.4, -0.2) is 47.3 Å². The molecule has 3 aromatic rings. The zero-order valence-electron chi connectivity index (χ0n) is 15.9. The fourth-order valence-corrected chi connectivity index (χ4v) is 2.99. The van der Waals surface area contributed by atoms with Crippen molar-refractivity contribution in [3.8, 4) is 11.5 Å². The van der Waals surface area contributed by atoms with Crippen LogP contribution in [0.5, 0.6) is 11.5 Å². The van der Waals surface area contributed by atoms with Crippen LogP contribution < -0.4 is 20.3 Å². The van der Waals surface area contributed by atoms with E-state index in [1.54, 1.807) is 36.4 Å². The van der Waals surface area contributed by atoms with Gasteiger partial charge in [0.2, 0.25) is 0 Å². The molecule has 0 spiro atoms. The van der Waals surface area contributed by atoms with E-state index >= 15 is 0 Å². The Balaban J connectivity index is 1.24. The summed E-state index contributed by atoms with van der Waals surface area (Å²) >= 11 is 0. The van der Waals surface area contributed by atoms with Crippen LogP contribution in [0.1, 0.15) is 0 Å². The molecule has 154 valence electrons. The van der Waals surface area contributed by atoms with Crippen LogP contribution in [0.2, 0.25) is 0 Å². The van der Waals surface area contributed by atoms with Crippen LogP contribution in [-0.2, 0) is 20.9 Å². The number of benzene rings is 2. The predicted octanol–water partition coefficient (Wildman–Crippen LogP) is 0.896. The highest BCUT2D eigenvalue weighted by molar-refractivity contribution is 5.81. The zero-order chi connectivity index (χ0) is 20.9. The van der Waals surface area contributed by atoms with Crippen LogP contribution in [0, 0.1) is 0 Å². The standard InChI is InChI=1S/C21H19N3O6/c25-19(22-9-14-11-28-17-7-3-4-8-18(17)30-14)12-29-20(26)10-24-13-23-16-6-2-1-5-15(16)21(24)27/h1-8,13-14H,9-12H2,(H,22,25)/t14-/m0/s1. The Kier molecular flexibility index (Phi) is 5.60. The van der Waals surface area contributed by atoms with E-state index in [2.05, 4.69) is 10.3 Å². The molecule has 0 aliphatic carbocycles. The maximum atomic E-state index is 12.4. The fourth-order valence-electron chi connectivity index (χ4n) is 2.99. The molecule has 9 nitrogen and oxygen atoms in total. The van der Waals surface area contributed by atoms with Gasteiger partial charge in [-0.2, -0.15) is 0 Å². The van der Waals surface area contributed by atoms with Crippen molar-refractivity contribution in [2.24, 2.45) is 0 Å². The van der Waals surface area contributed by atoms with Crippen molar-refractivity contribution in [2.45, 2.75) is 12.6 Å². The van der Waals surface area contributed by atoms with E-state index in [4.69, 9.17) is 14.2 Å². The Morgan fingerprint density at radius 2 is 1.90 bits per heavy atom. The number of nitrogens with zero attached hydrogens (tertiary/aromatic N) is 2. The minimum atomic E-state index is -0.712. The van der Waals surface area contributed by atoms with Gasteiger partial charge in [0.15, 0.2) is 18.1 Å². The maximum absolute atomic E-state index is 12.4. The number of para-hydroxylation sites is 3. The van der Waals surface area contributed by atoms with Gasteiger partial charge in [-0.25, -0.2) is 4.98 Å². The van der Waals surface area contributed by atoms with Crippen LogP contribution in [0.4, 0.5) is 0 Å². The van der Waals surface area contributed by atoms with E-state index in [0.29, 0.717) is 29.0 Å². The van der Waals surface area contributed by atoms with Crippen molar-refractivity contribution in [1.29, 1.82) is 0 Å². The third-order valence-corrected chi connectivity index (χ3v) is 4.49. The second-order valence-electron chi connectivity index (χ2n) is 6.66. The molecule has 1 aliphatic rings. The lowest BCUT2D eigenvalue weighted by Gasteiger charge is -2.26. The van der Waals surface area contributed by atoms with Crippen molar-refractivity contribution >= 4 is 22.8 Å². The van der Waals surface area contributed by atoms with E-state index in [9.17, 15) is 14.4 Å². The number of esters is 1. The molecule has 1 N–H and O–H groups in total. The monoisotopic (exact) mass is 409 g/mol. The van der Waals surface area contributed by atoms with Crippen molar-refractivity contribution < 1.29 is 23.8 Å². The molecule has 0 bridgehead atoms. The summed E-state index contributed by atoms with van der Waals surface area (Å²) in [5, 5.41) is 3.04. The number of ether oxygens (including phenoxy) is 3. The number of amides is 1. The molecule has 0 saturated carbocycles. The van der Waals surface area contributed by atoms with Gasteiger partial charge in [-0.15, -0.1) is 0 Å². The first-order valence-electron chi connectivity index (χ1n) is 9.35. The molecule has 30 heavy (non-hydrogen) atoms. The van der Waals surface area contributed by atoms with Crippen LogP contribution in [0.3, 0.4) is 0 Å². The quantitative estimate of drug-likeness (QED) is 0.603. The lowest BCUT2D eigenvalue weighted by Crippen LogP contribution is -2.42. The summed E-state index contributed by atoms with van der Waals surface area (Å²) < 4.78 is 17.4. The Hall–Kier alpha value is -3.88. The normalized spacial score (nSPS) is 14.9. The molecule has 0 unspecified atom stereocenters. The minimum Gasteiger partial charge on any atom is -0.486 e. The van der Waals surface area contributed by atoms with Gasteiger partial charge >= 0.3 is 5.97 Å². The molecule has 1 atom stereocenters. The summed E-state index contributed by atoms with van der Waals surface area (Å²) in [4.78, 5) is 40.5. The third kappa shape index (κ3) is 4.40. The SMILES string of the molecule is O=C(COC(=O)Cn1cnc2ccccc2c1=O)NC[C@H]1COc2ccccc2O1. The largest absolute Gasteiger partial charge is 0.486 e. The van der Waals surface area contributed by atoms with Crippen LogP contribution in [0.15, 0.2) is 59.7 Å². The number of rotatable bonds is 6. The molecule has 9 heteroatoms. The smallest absolute Gasteiger partial charge is 0.326 e. The molecule has 0 fully saturated rings. The van der Waals surface area contributed by atoms with Gasteiger partial charge in [0, 0.05) is 0 Å². The number of carbonyl (C=O) groups is 2. The molecular weight excluding hydrogens is 390 g/mol. The summed E-state index contributed by atoms with van der Waals surface area (Å²) in [6, 6.07) is 14.1. The lowest BCUT2D eigenvalue weighted by atomic mass is 10.2. The van der Waals surface area contributed by atoms with Crippen LogP contribution in [0.25, 0.3) is 10.9 Å². The number of carbonyl (C=O) groups excluding carboxylic acids is 2. The van der Waals surface area contributed by atoms with E-state index in [1.807, 2.05) is 12.1 Å². The highest BCUT2D eigenvalue weighted by Gasteiger charge is 2.21. The fraction of sp³-hybridized carbons (Fsp3) is 0.238. The third-order valence-electron chi connectivity index (χ3n) is 4.49. The van der Waals surface area contributed by atoms with E-state index in [-0.39, 0.29) is 24.8 Å². The lowest BCUT2D eigenvalue weighted by molar-refractivity contribution is -0.149. The molecular formula is C21H19N3O6. The molecule has 2 heterocycles. The summed E-state index contributed by atoms with van der Waals surface area (Å²) in [6.45, 7) is -0.285. The zero-order valence-corrected chi connectivity index (χ0v) is 15.9.